The van der Waals surface area contributed by atoms with Crippen molar-refractivity contribution in [3.05, 3.63) is 0 Å². The Morgan fingerprint density at radius 1 is 1.50 bits per heavy atom. The third-order valence-electron chi connectivity index (χ3n) is 2.13. The first-order valence-electron chi connectivity index (χ1n) is 3.92. The number of alkyl halides is 1. The minimum absolute atomic E-state index is 0.00107. The maximum atomic E-state index is 5.83. The second-order valence-electron chi connectivity index (χ2n) is 2.94. The molecule has 5 heteroatoms. The van der Waals surface area contributed by atoms with Crippen LogP contribution in [-0.2, 0) is 13.6 Å². The van der Waals surface area contributed by atoms with Crippen molar-refractivity contribution in [1.29, 1.82) is 0 Å². The number of rotatable bonds is 3. The van der Waals surface area contributed by atoms with Crippen molar-refractivity contribution in [1.82, 2.24) is 0 Å². The lowest BCUT2D eigenvalue weighted by atomic mass is 9.90. The van der Waals surface area contributed by atoms with E-state index in [-0.39, 0.29) is 5.41 Å². The predicted octanol–water partition coefficient (Wildman–Crippen LogP) is 2.54. The van der Waals surface area contributed by atoms with Gasteiger partial charge in [-0.3, -0.25) is 0 Å². The monoisotopic (exact) mass is 212 g/mol. The van der Waals surface area contributed by atoms with E-state index in [0.717, 1.165) is 6.42 Å². The van der Waals surface area contributed by atoms with Crippen LogP contribution < -0.4 is 0 Å². The molecule has 1 aliphatic rings. The van der Waals surface area contributed by atoms with E-state index >= 15 is 0 Å². The molecule has 0 aliphatic carbocycles. The van der Waals surface area contributed by atoms with Gasteiger partial charge in [-0.25, -0.2) is 0 Å². The van der Waals surface area contributed by atoms with Crippen LogP contribution in [0.4, 0.5) is 0 Å². The fourth-order valence-electron chi connectivity index (χ4n) is 0.939. The first kappa shape index (κ1) is 10.7. The average Bonchev–Trinajstić information content (AvgIpc) is 2.18. The zero-order valence-corrected chi connectivity index (χ0v) is 9.03. The smallest absolute Gasteiger partial charge is 0.316 e. The first-order valence-corrected chi connectivity index (χ1v) is 5.55. The van der Waals surface area contributed by atoms with Crippen LogP contribution in [0.1, 0.15) is 13.3 Å². The summed E-state index contributed by atoms with van der Waals surface area (Å²) in [7, 11) is 0.491. The molecule has 0 aromatic heterocycles. The third-order valence-corrected chi connectivity index (χ3v) is 3.68. The van der Waals surface area contributed by atoms with E-state index in [9.17, 15) is 0 Å². The number of hydrogen-bond donors (Lipinski definition) is 0. The molecular weight excluding hydrogens is 199 g/mol. The van der Waals surface area contributed by atoms with Gasteiger partial charge in [0.2, 0.25) is 0 Å². The van der Waals surface area contributed by atoms with Gasteiger partial charge in [0.05, 0.1) is 13.2 Å². The van der Waals surface area contributed by atoms with Crippen LogP contribution in [0.5, 0.6) is 0 Å². The van der Waals surface area contributed by atoms with Gasteiger partial charge in [-0.05, 0) is 6.42 Å². The highest BCUT2D eigenvalue weighted by molar-refractivity contribution is 7.41. The lowest BCUT2D eigenvalue weighted by Crippen LogP contribution is -2.35. The Morgan fingerprint density at radius 2 is 2.08 bits per heavy atom. The fourth-order valence-corrected chi connectivity index (χ4v) is 2.33. The Labute approximate surface area is 79.3 Å². The Bertz CT molecular complexity index is 131. The highest BCUT2D eigenvalue weighted by atomic mass is 35.5. The molecule has 1 rings (SSSR count). The molecule has 0 spiro atoms. The molecule has 1 heterocycles. The Morgan fingerprint density at radius 3 is 2.42 bits per heavy atom. The molecule has 0 atom stereocenters. The Hall–Kier alpha value is 0.600. The summed E-state index contributed by atoms with van der Waals surface area (Å²) in [6.07, 6.45) is 0.976. The van der Waals surface area contributed by atoms with E-state index in [1.165, 1.54) is 0 Å². The van der Waals surface area contributed by atoms with E-state index < -0.39 is 8.60 Å². The van der Waals surface area contributed by atoms with Crippen molar-refractivity contribution < 1.29 is 13.6 Å². The zero-order chi connectivity index (χ0) is 9.03. The molecule has 0 unspecified atom stereocenters. The number of halogens is 1. The quantitative estimate of drug-likeness (QED) is 0.532. The molecule has 1 saturated heterocycles. The predicted molar refractivity (Wildman–Crippen MR) is 49.3 cm³/mol. The molecule has 12 heavy (non-hydrogen) atoms. The summed E-state index contributed by atoms with van der Waals surface area (Å²) in [6, 6.07) is 0. The molecule has 0 saturated carbocycles. The van der Waals surface area contributed by atoms with E-state index in [1.807, 2.05) is 0 Å². The van der Waals surface area contributed by atoms with Gasteiger partial charge in [0.1, 0.15) is 0 Å². The van der Waals surface area contributed by atoms with Gasteiger partial charge in [-0.15, -0.1) is 11.6 Å². The first-order chi connectivity index (χ1) is 5.76. The van der Waals surface area contributed by atoms with Crippen LogP contribution in [0.15, 0.2) is 0 Å². The molecule has 1 aliphatic heterocycles. The van der Waals surface area contributed by atoms with Crippen LogP contribution in [0, 0.1) is 5.41 Å². The molecule has 0 aromatic carbocycles. The van der Waals surface area contributed by atoms with Crippen molar-refractivity contribution in [2.45, 2.75) is 13.3 Å². The summed E-state index contributed by atoms with van der Waals surface area (Å²) in [5.74, 6) is 0.580. The second-order valence-corrected chi connectivity index (χ2v) is 4.54. The maximum Gasteiger partial charge on any atom is 0.332 e. The van der Waals surface area contributed by atoms with Crippen molar-refractivity contribution in [2.24, 2.45) is 5.41 Å². The van der Waals surface area contributed by atoms with Crippen LogP contribution in [0.3, 0.4) is 0 Å². The molecule has 1 fully saturated rings. The summed E-state index contributed by atoms with van der Waals surface area (Å²) >= 11 is 5.83. The molecule has 72 valence electrons. The summed E-state index contributed by atoms with van der Waals surface area (Å²) in [5.41, 5.74) is -0.00107. The van der Waals surface area contributed by atoms with E-state index in [4.69, 9.17) is 25.2 Å². The topological polar surface area (TPSA) is 27.7 Å². The molecule has 0 radical (unpaired) electrons. The fraction of sp³-hybridized carbons (Fsp3) is 1.00. The van der Waals surface area contributed by atoms with Crippen molar-refractivity contribution in [3.63, 3.8) is 0 Å². The normalized spacial score (nSPS) is 36.8. The lowest BCUT2D eigenvalue weighted by molar-refractivity contribution is 0.0224. The zero-order valence-electron chi connectivity index (χ0n) is 7.38. The summed E-state index contributed by atoms with van der Waals surface area (Å²) < 4.78 is 15.7. The van der Waals surface area contributed by atoms with Gasteiger partial charge >= 0.3 is 8.60 Å². The minimum Gasteiger partial charge on any atom is -0.316 e. The average molecular weight is 213 g/mol. The van der Waals surface area contributed by atoms with Gasteiger partial charge in [0.15, 0.2) is 0 Å². The van der Waals surface area contributed by atoms with E-state index in [2.05, 4.69) is 6.92 Å². The van der Waals surface area contributed by atoms with Crippen LogP contribution in [-0.4, -0.2) is 26.2 Å². The minimum atomic E-state index is -1.10. The van der Waals surface area contributed by atoms with Crippen molar-refractivity contribution in [2.75, 3.05) is 26.2 Å². The molecule has 0 amide bonds. The van der Waals surface area contributed by atoms with Gasteiger partial charge in [-0.1, -0.05) is 6.92 Å². The summed E-state index contributed by atoms with van der Waals surface area (Å²) in [4.78, 5) is 0. The van der Waals surface area contributed by atoms with Gasteiger partial charge in [0.25, 0.3) is 0 Å². The second kappa shape index (κ2) is 4.73. The van der Waals surface area contributed by atoms with Crippen molar-refractivity contribution >= 4 is 20.2 Å². The van der Waals surface area contributed by atoms with Crippen molar-refractivity contribution in [3.8, 4) is 0 Å². The molecule has 3 nitrogen and oxygen atoms in total. The molecule has 0 N–H and O–H groups in total. The molecular formula is C7H14ClO3P. The van der Waals surface area contributed by atoms with Crippen LogP contribution in [0.25, 0.3) is 0 Å². The van der Waals surface area contributed by atoms with Gasteiger partial charge < -0.3 is 13.6 Å². The van der Waals surface area contributed by atoms with E-state index in [1.54, 1.807) is 7.11 Å². The van der Waals surface area contributed by atoms with E-state index in [0.29, 0.717) is 19.1 Å². The number of hydrogen-bond acceptors (Lipinski definition) is 3. The van der Waals surface area contributed by atoms with Gasteiger partial charge in [-0.2, -0.15) is 0 Å². The summed E-state index contributed by atoms with van der Waals surface area (Å²) in [5, 5.41) is 0. The van der Waals surface area contributed by atoms with Crippen LogP contribution in [0.2, 0.25) is 0 Å². The van der Waals surface area contributed by atoms with Gasteiger partial charge in [0, 0.05) is 18.4 Å². The Balaban J connectivity index is 2.42. The SMILES string of the molecule is CCC1(CCl)COP(OC)OC1. The third kappa shape index (κ3) is 2.30. The molecule has 0 aromatic rings. The van der Waals surface area contributed by atoms with Crippen LogP contribution >= 0.6 is 20.2 Å². The maximum absolute atomic E-state index is 5.83. The largest absolute Gasteiger partial charge is 0.332 e. The lowest BCUT2D eigenvalue weighted by Gasteiger charge is -2.35. The highest BCUT2D eigenvalue weighted by Gasteiger charge is 2.35. The Kier molecular flexibility index (Phi) is 4.21. The summed E-state index contributed by atoms with van der Waals surface area (Å²) in [6.45, 7) is 3.38. The highest BCUT2D eigenvalue weighted by Crippen LogP contribution is 2.47. The molecule has 0 bridgehead atoms. The standard InChI is InChI=1S/C7H14ClO3P/c1-3-7(4-8)5-10-12(9-2)11-6-7/h3-6H2,1-2H3.